The van der Waals surface area contributed by atoms with Crippen LogP contribution in [0.1, 0.15) is 28.9 Å². The molecule has 2 aromatic rings. The van der Waals surface area contributed by atoms with E-state index < -0.39 is 5.82 Å². The normalized spacial score (nSPS) is 11.8. The molecule has 1 amide bonds. The number of amides is 1. The molecule has 0 saturated carbocycles. The highest BCUT2D eigenvalue weighted by Crippen LogP contribution is 2.23. The molecule has 0 spiro atoms. The van der Waals surface area contributed by atoms with Gasteiger partial charge in [-0.05, 0) is 42.8 Å². The third-order valence-corrected chi connectivity index (χ3v) is 3.49. The van der Waals surface area contributed by atoms with E-state index in [1.807, 2.05) is 13.0 Å². The molecule has 0 aliphatic rings. The van der Waals surface area contributed by atoms with Crippen LogP contribution in [0.5, 0.6) is 0 Å². The highest BCUT2D eigenvalue weighted by atomic mass is 35.5. The van der Waals surface area contributed by atoms with Crippen molar-refractivity contribution in [2.75, 3.05) is 12.4 Å². The maximum Gasteiger partial charge on any atom is 0.251 e. The average Bonchev–Trinajstić information content (AvgIpc) is 2.49. The molecule has 0 aliphatic carbocycles. The minimum Gasteiger partial charge on any atom is -0.378 e. The van der Waals surface area contributed by atoms with Crippen LogP contribution in [0.2, 0.25) is 5.02 Å². The maximum atomic E-state index is 13.5. The van der Waals surface area contributed by atoms with Crippen molar-refractivity contribution in [2.24, 2.45) is 0 Å². The lowest BCUT2D eigenvalue weighted by molar-refractivity contribution is 0.0963. The van der Waals surface area contributed by atoms with E-state index in [9.17, 15) is 9.18 Å². The monoisotopic (exact) mass is 306 g/mol. The van der Waals surface area contributed by atoms with Crippen LogP contribution in [-0.2, 0) is 0 Å². The topological polar surface area (TPSA) is 41.1 Å². The Labute approximate surface area is 128 Å². The second-order valence-corrected chi connectivity index (χ2v) is 5.11. The van der Waals surface area contributed by atoms with Gasteiger partial charge in [-0.3, -0.25) is 4.79 Å². The number of hydrogen-bond donors (Lipinski definition) is 2. The molecule has 2 aromatic carbocycles. The van der Waals surface area contributed by atoms with E-state index >= 15 is 0 Å². The van der Waals surface area contributed by atoms with Crippen LogP contribution >= 0.6 is 11.6 Å². The Kier molecular flexibility index (Phi) is 4.81. The Morgan fingerprint density at radius 2 is 2.00 bits per heavy atom. The van der Waals surface area contributed by atoms with Gasteiger partial charge in [-0.15, -0.1) is 0 Å². The van der Waals surface area contributed by atoms with Gasteiger partial charge in [-0.25, -0.2) is 4.39 Å². The lowest BCUT2D eigenvalue weighted by Crippen LogP contribution is -2.18. The summed E-state index contributed by atoms with van der Waals surface area (Å²) < 4.78 is 13.5. The lowest BCUT2D eigenvalue weighted by Gasteiger charge is -2.16. The van der Waals surface area contributed by atoms with Crippen molar-refractivity contribution in [3.63, 3.8) is 0 Å². The molecule has 0 radical (unpaired) electrons. The van der Waals surface area contributed by atoms with E-state index in [1.165, 1.54) is 12.1 Å². The molecule has 0 bridgehead atoms. The van der Waals surface area contributed by atoms with Crippen molar-refractivity contribution in [3.8, 4) is 0 Å². The first-order valence-electron chi connectivity index (χ1n) is 6.55. The maximum absolute atomic E-state index is 13.5. The van der Waals surface area contributed by atoms with Crippen molar-refractivity contribution in [1.29, 1.82) is 0 Å². The van der Waals surface area contributed by atoms with Gasteiger partial charge in [0, 0.05) is 24.3 Å². The molecule has 1 atom stereocenters. The molecule has 0 heterocycles. The molecule has 0 saturated heterocycles. The lowest BCUT2D eigenvalue weighted by atomic mass is 10.1. The third kappa shape index (κ3) is 3.73. The number of carbonyl (C=O) groups excluding carboxylic acids is 1. The number of nitrogens with one attached hydrogen (secondary N) is 2. The van der Waals surface area contributed by atoms with E-state index in [0.29, 0.717) is 5.56 Å². The quantitative estimate of drug-likeness (QED) is 0.896. The first-order chi connectivity index (χ1) is 10.0. The highest BCUT2D eigenvalue weighted by molar-refractivity contribution is 6.30. The SMILES string of the molecule is CNC(=O)c1cccc(NC(C)c2ccc(Cl)c(F)c2)c1. The fraction of sp³-hybridized carbons (Fsp3) is 0.188. The van der Waals surface area contributed by atoms with E-state index in [2.05, 4.69) is 10.6 Å². The number of halogens is 2. The number of carbonyl (C=O) groups is 1. The Morgan fingerprint density at radius 1 is 1.24 bits per heavy atom. The van der Waals surface area contributed by atoms with Crippen molar-refractivity contribution >= 4 is 23.2 Å². The summed E-state index contributed by atoms with van der Waals surface area (Å²) in [6.45, 7) is 1.91. The van der Waals surface area contributed by atoms with Gasteiger partial charge in [0.2, 0.25) is 0 Å². The number of anilines is 1. The van der Waals surface area contributed by atoms with Crippen LogP contribution in [0.25, 0.3) is 0 Å². The van der Waals surface area contributed by atoms with E-state index in [4.69, 9.17) is 11.6 Å². The summed E-state index contributed by atoms with van der Waals surface area (Å²) in [5.74, 6) is -0.592. The van der Waals surface area contributed by atoms with E-state index in [-0.39, 0.29) is 17.0 Å². The summed E-state index contributed by atoms with van der Waals surface area (Å²) in [5, 5.41) is 5.91. The van der Waals surface area contributed by atoms with Gasteiger partial charge in [0.1, 0.15) is 5.82 Å². The molecule has 5 heteroatoms. The molecule has 0 fully saturated rings. The standard InChI is InChI=1S/C16H16ClFN2O/c1-10(11-6-7-14(17)15(18)9-11)20-13-5-3-4-12(8-13)16(21)19-2/h3-10,20H,1-2H3,(H,19,21). The zero-order valence-corrected chi connectivity index (χ0v) is 12.5. The molecule has 1 unspecified atom stereocenters. The fourth-order valence-electron chi connectivity index (χ4n) is 2.01. The largest absolute Gasteiger partial charge is 0.378 e. The van der Waals surface area contributed by atoms with Gasteiger partial charge < -0.3 is 10.6 Å². The zero-order chi connectivity index (χ0) is 15.4. The predicted molar refractivity (Wildman–Crippen MR) is 83.3 cm³/mol. The molecular formula is C16H16ClFN2O. The molecule has 0 aliphatic heterocycles. The second-order valence-electron chi connectivity index (χ2n) is 4.70. The van der Waals surface area contributed by atoms with Gasteiger partial charge in [0.05, 0.1) is 5.02 Å². The predicted octanol–water partition coefficient (Wildman–Crippen LogP) is 4.01. The summed E-state index contributed by atoms with van der Waals surface area (Å²) in [7, 11) is 1.58. The number of hydrogen-bond acceptors (Lipinski definition) is 2. The molecule has 0 aromatic heterocycles. The summed E-state index contributed by atoms with van der Waals surface area (Å²) in [4.78, 5) is 11.6. The molecule has 21 heavy (non-hydrogen) atoms. The van der Waals surface area contributed by atoms with Crippen LogP contribution in [0.15, 0.2) is 42.5 Å². The Bertz CT molecular complexity index is 660. The Hall–Kier alpha value is -2.07. The first-order valence-corrected chi connectivity index (χ1v) is 6.92. The van der Waals surface area contributed by atoms with Crippen LogP contribution in [0.3, 0.4) is 0 Å². The Morgan fingerprint density at radius 3 is 2.67 bits per heavy atom. The molecule has 2 N–H and O–H groups in total. The van der Waals surface area contributed by atoms with Gasteiger partial charge in [-0.2, -0.15) is 0 Å². The highest BCUT2D eigenvalue weighted by Gasteiger charge is 2.10. The second kappa shape index (κ2) is 6.59. The summed E-state index contributed by atoms with van der Waals surface area (Å²) in [5.41, 5.74) is 2.14. The van der Waals surface area contributed by atoms with Crippen LogP contribution in [0, 0.1) is 5.82 Å². The third-order valence-electron chi connectivity index (χ3n) is 3.18. The zero-order valence-electron chi connectivity index (χ0n) is 11.8. The number of benzene rings is 2. The number of rotatable bonds is 4. The minimum absolute atomic E-state index is 0.104. The van der Waals surface area contributed by atoms with Gasteiger partial charge >= 0.3 is 0 Å². The van der Waals surface area contributed by atoms with Gasteiger partial charge in [0.25, 0.3) is 5.91 Å². The fourth-order valence-corrected chi connectivity index (χ4v) is 2.13. The van der Waals surface area contributed by atoms with Crippen molar-refractivity contribution in [1.82, 2.24) is 5.32 Å². The van der Waals surface area contributed by atoms with Crippen molar-refractivity contribution in [3.05, 3.63) is 64.4 Å². The smallest absolute Gasteiger partial charge is 0.251 e. The van der Waals surface area contributed by atoms with Gasteiger partial charge in [0.15, 0.2) is 0 Å². The summed E-state index contributed by atoms with van der Waals surface area (Å²) in [6, 6.07) is 11.7. The Balaban J connectivity index is 2.17. The van der Waals surface area contributed by atoms with E-state index in [0.717, 1.165) is 11.3 Å². The van der Waals surface area contributed by atoms with Crippen molar-refractivity contribution < 1.29 is 9.18 Å². The van der Waals surface area contributed by atoms with Gasteiger partial charge in [-0.1, -0.05) is 23.7 Å². The summed E-state index contributed by atoms with van der Waals surface area (Å²) >= 11 is 5.68. The van der Waals surface area contributed by atoms with Crippen LogP contribution in [0.4, 0.5) is 10.1 Å². The van der Waals surface area contributed by atoms with E-state index in [1.54, 1.807) is 31.3 Å². The molecule has 3 nitrogen and oxygen atoms in total. The molecule has 110 valence electrons. The molecule has 2 rings (SSSR count). The first kappa shape index (κ1) is 15.3. The summed E-state index contributed by atoms with van der Waals surface area (Å²) in [6.07, 6.45) is 0. The minimum atomic E-state index is -0.443. The van der Waals surface area contributed by atoms with Crippen LogP contribution in [-0.4, -0.2) is 13.0 Å². The average molecular weight is 307 g/mol. The van der Waals surface area contributed by atoms with Crippen LogP contribution < -0.4 is 10.6 Å². The molecular weight excluding hydrogens is 291 g/mol. The van der Waals surface area contributed by atoms with Crippen molar-refractivity contribution in [2.45, 2.75) is 13.0 Å².